The second-order valence-corrected chi connectivity index (χ2v) is 11.4. The van der Waals surface area contributed by atoms with E-state index in [-0.39, 0.29) is 0 Å². The molecule has 0 atom stereocenters. The van der Waals surface area contributed by atoms with E-state index in [9.17, 15) is 0 Å². The van der Waals surface area contributed by atoms with Gasteiger partial charge in [-0.25, -0.2) is 0 Å². The first-order valence-corrected chi connectivity index (χ1v) is 9.22. The summed E-state index contributed by atoms with van der Waals surface area (Å²) in [6, 6.07) is 2.31. The molecule has 3 heteroatoms. The van der Waals surface area contributed by atoms with Crippen molar-refractivity contribution in [3.63, 3.8) is 0 Å². The molecule has 0 amide bonds. The maximum atomic E-state index is 3.66. The van der Waals surface area contributed by atoms with Gasteiger partial charge in [-0.05, 0) is 86.7 Å². The third kappa shape index (κ3) is 6.38. The van der Waals surface area contributed by atoms with Gasteiger partial charge in [0.25, 0.3) is 0 Å². The van der Waals surface area contributed by atoms with Gasteiger partial charge < -0.3 is 0 Å². The Kier molecular flexibility index (Phi) is 6.20. The van der Waals surface area contributed by atoms with Crippen molar-refractivity contribution in [2.45, 2.75) is 60.3 Å². The lowest BCUT2D eigenvalue weighted by molar-refractivity contribution is 0.195. The highest BCUT2D eigenvalue weighted by Gasteiger charge is 2.25. The van der Waals surface area contributed by atoms with Crippen LogP contribution >= 0.6 is 49.9 Å². The predicted molar refractivity (Wildman–Crippen MR) is 95.5 cm³/mol. The van der Waals surface area contributed by atoms with E-state index in [1.54, 1.807) is 0 Å². The molecule has 0 spiro atoms. The molecule has 0 aliphatic heterocycles. The molecular weight excluding hydrogens is 419 g/mol. The molecule has 18 heavy (non-hydrogen) atoms. The fourth-order valence-electron chi connectivity index (χ4n) is 2.83. The van der Waals surface area contributed by atoms with Gasteiger partial charge in [0.2, 0.25) is 0 Å². The summed E-state index contributed by atoms with van der Waals surface area (Å²) in [4.78, 5) is 0. The number of rotatable bonds is 5. The Morgan fingerprint density at radius 3 is 2.28 bits per heavy atom. The van der Waals surface area contributed by atoms with Gasteiger partial charge in [0, 0.05) is 0 Å². The van der Waals surface area contributed by atoms with Crippen LogP contribution in [0.4, 0.5) is 0 Å². The SMILES string of the molecule is CC(C)(C)CC(C)(C)CCCc1cc(I)sc1Br. The molecule has 0 saturated heterocycles. The Morgan fingerprint density at radius 1 is 1.22 bits per heavy atom. The van der Waals surface area contributed by atoms with Gasteiger partial charge in [0.1, 0.15) is 0 Å². The van der Waals surface area contributed by atoms with Crippen molar-refractivity contribution in [2.75, 3.05) is 0 Å². The normalized spacial score (nSPS) is 13.1. The quantitative estimate of drug-likeness (QED) is 0.435. The number of halogens is 2. The summed E-state index contributed by atoms with van der Waals surface area (Å²) in [6.07, 6.45) is 5.09. The van der Waals surface area contributed by atoms with Crippen LogP contribution in [0.1, 0.15) is 59.4 Å². The second-order valence-electron chi connectivity index (χ2n) is 7.10. The first-order chi connectivity index (χ1) is 8.09. The Hall–Kier alpha value is 0.910. The number of thiophene rings is 1. The summed E-state index contributed by atoms with van der Waals surface area (Å²) in [6.45, 7) is 11.8. The first kappa shape index (κ1) is 17.0. The maximum Gasteiger partial charge on any atom is 0.0741 e. The standard InChI is InChI=1S/C15H24BrIS/c1-14(2,3)10-15(4,5)8-6-7-11-9-12(17)18-13(11)16/h9H,6-8,10H2,1-5H3. The molecule has 0 aliphatic rings. The molecule has 0 saturated carbocycles. The molecule has 0 aliphatic carbocycles. The zero-order valence-electron chi connectivity index (χ0n) is 12.1. The van der Waals surface area contributed by atoms with Crippen molar-refractivity contribution in [3.8, 4) is 0 Å². The lowest BCUT2D eigenvalue weighted by atomic mass is 9.73. The third-order valence-electron chi connectivity index (χ3n) is 3.04. The Morgan fingerprint density at radius 2 is 1.83 bits per heavy atom. The van der Waals surface area contributed by atoms with Crippen LogP contribution in [-0.2, 0) is 6.42 Å². The zero-order valence-corrected chi connectivity index (χ0v) is 16.6. The van der Waals surface area contributed by atoms with Crippen LogP contribution in [0.3, 0.4) is 0 Å². The molecule has 0 radical (unpaired) electrons. The van der Waals surface area contributed by atoms with Gasteiger partial charge in [0.05, 0.1) is 6.67 Å². The molecule has 0 bridgehead atoms. The molecule has 1 aromatic rings. The van der Waals surface area contributed by atoms with E-state index in [0.29, 0.717) is 10.8 Å². The summed E-state index contributed by atoms with van der Waals surface area (Å²) in [5.41, 5.74) is 2.37. The van der Waals surface area contributed by atoms with Crippen LogP contribution in [0.15, 0.2) is 9.85 Å². The lowest BCUT2D eigenvalue weighted by Gasteiger charge is -2.32. The number of hydrogen-bond acceptors (Lipinski definition) is 1. The van der Waals surface area contributed by atoms with Crippen LogP contribution in [0, 0.1) is 13.7 Å². The van der Waals surface area contributed by atoms with Gasteiger partial charge in [0.15, 0.2) is 0 Å². The monoisotopic (exact) mass is 442 g/mol. The van der Waals surface area contributed by atoms with E-state index < -0.39 is 0 Å². The fourth-order valence-corrected chi connectivity index (χ4v) is 6.27. The highest BCUT2D eigenvalue weighted by Crippen LogP contribution is 2.37. The highest BCUT2D eigenvalue weighted by molar-refractivity contribution is 14.1. The van der Waals surface area contributed by atoms with Crippen molar-refractivity contribution in [2.24, 2.45) is 10.8 Å². The molecule has 0 unspecified atom stereocenters. The molecule has 104 valence electrons. The number of hydrogen-bond donors (Lipinski definition) is 0. The molecule has 0 aromatic carbocycles. The van der Waals surface area contributed by atoms with E-state index in [4.69, 9.17) is 0 Å². The Balaban J connectivity index is 2.44. The van der Waals surface area contributed by atoms with Crippen LogP contribution in [0.25, 0.3) is 0 Å². The molecule has 0 fully saturated rings. The summed E-state index contributed by atoms with van der Waals surface area (Å²) < 4.78 is 2.70. The molecule has 1 heterocycles. The molecule has 1 aromatic heterocycles. The molecule has 0 nitrogen and oxygen atoms in total. The average molecular weight is 443 g/mol. The van der Waals surface area contributed by atoms with Crippen LogP contribution < -0.4 is 0 Å². The smallest absolute Gasteiger partial charge is 0.0741 e. The predicted octanol–water partition coefficient (Wildman–Crippen LogP) is 6.90. The minimum absolute atomic E-state index is 0.432. The first-order valence-electron chi connectivity index (χ1n) is 6.53. The van der Waals surface area contributed by atoms with E-state index in [0.717, 1.165) is 0 Å². The molecule has 1 rings (SSSR count). The van der Waals surface area contributed by atoms with E-state index in [1.807, 2.05) is 11.3 Å². The van der Waals surface area contributed by atoms with Crippen molar-refractivity contribution in [3.05, 3.63) is 18.3 Å². The Labute approximate surface area is 138 Å². The van der Waals surface area contributed by atoms with Gasteiger partial charge in [-0.15, -0.1) is 11.3 Å². The molecular formula is C15H24BrIS. The zero-order chi connectivity index (χ0) is 14.0. The summed E-state index contributed by atoms with van der Waals surface area (Å²) in [7, 11) is 0. The second kappa shape index (κ2) is 6.57. The minimum atomic E-state index is 0.432. The van der Waals surface area contributed by atoms with Crippen molar-refractivity contribution < 1.29 is 0 Å². The van der Waals surface area contributed by atoms with Gasteiger partial charge >= 0.3 is 0 Å². The van der Waals surface area contributed by atoms with Crippen molar-refractivity contribution >= 4 is 49.9 Å². The Bertz CT molecular complexity index is 388. The highest BCUT2D eigenvalue weighted by atomic mass is 127. The van der Waals surface area contributed by atoms with Crippen molar-refractivity contribution in [1.82, 2.24) is 0 Å². The van der Waals surface area contributed by atoms with Crippen LogP contribution in [0.5, 0.6) is 0 Å². The van der Waals surface area contributed by atoms with Crippen LogP contribution in [-0.4, -0.2) is 0 Å². The maximum absolute atomic E-state index is 3.66. The average Bonchev–Trinajstić information content (AvgIpc) is 2.40. The van der Waals surface area contributed by atoms with Gasteiger partial charge in [-0.1, -0.05) is 34.6 Å². The molecule has 0 N–H and O–H groups in total. The van der Waals surface area contributed by atoms with Gasteiger partial charge in [-0.2, -0.15) is 0 Å². The van der Waals surface area contributed by atoms with E-state index >= 15 is 0 Å². The summed E-state index contributed by atoms with van der Waals surface area (Å²) >= 11 is 7.90. The third-order valence-corrected chi connectivity index (χ3v) is 5.76. The minimum Gasteiger partial charge on any atom is -0.122 e. The fraction of sp³-hybridized carbons (Fsp3) is 0.733. The van der Waals surface area contributed by atoms with Gasteiger partial charge in [-0.3, -0.25) is 0 Å². The topological polar surface area (TPSA) is 0 Å². The summed E-state index contributed by atoms with van der Waals surface area (Å²) in [5.74, 6) is 0. The largest absolute Gasteiger partial charge is 0.122 e. The van der Waals surface area contributed by atoms with E-state index in [1.165, 1.54) is 37.9 Å². The van der Waals surface area contributed by atoms with Crippen LogP contribution in [0.2, 0.25) is 0 Å². The summed E-state index contributed by atoms with van der Waals surface area (Å²) in [5, 5.41) is 0. The van der Waals surface area contributed by atoms with E-state index in [2.05, 4.69) is 79.2 Å². The number of aryl methyl sites for hydroxylation is 1. The lowest BCUT2D eigenvalue weighted by Crippen LogP contribution is -2.20. The van der Waals surface area contributed by atoms with Crippen molar-refractivity contribution in [1.29, 1.82) is 0 Å².